The highest BCUT2D eigenvalue weighted by Crippen LogP contribution is 2.16. The normalized spacial score (nSPS) is 10.6. The number of aromatic nitrogens is 2. The quantitative estimate of drug-likeness (QED) is 0.621. The van der Waals surface area contributed by atoms with Gasteiger partial charge in [-0.1, -0.05) is 23.8 Å². The van der Waals surface area contributed by atoms with Gasteiger partial charge in [0.05, 0.1) is 5.69 Å². The summed E-state index contributed by atoms with van der Waals surface area (Å²) in [5.41, 5.74) is 2.66. The molecule has 0 fully saturated rings. The third-order valence-electron chi connectivity index (χ3n) is 2.97. The third kappa shape index (κ3) is 3.67. The summed E-state index contributed by atoms with van der Waals surface area (Å²) in [6.07, 6.45) is 3.61. The van der Waals surface area contributed by atoms with E-state index in [-0.39, 0.29) is 5.69 Å². The van der Waals surface area contributed by atoms with Crippen molar-refractivity contribution in [1.82, 2.24) is 9.55 Å². The highest BCUT2D eigenvalue weighted by atomic mass is 35.5. The van der Waals surface area contributed by atoms with Gasteiger partial charge in [0, 0.05) is 24.2 Å². The van der Waals surface area contributed by atoms with Crippen molar-refractivity contribution in [2.24, 2.45) is 0 Å². The zero-order valence-corrected chi connectivity index (χ0v) is 11.7. The lowest BCUT2D eigenvalue weighted by atomic mass is 10.1. The van der Waals surface area contributed by atoms with E-state index in [1.54, 1.807) is 10.8 Å². The van der Waals surface area contributed by atoms with E-state index < -0.39 is 0 Å². The van der Waals surface area contributed by atoms with Crippen molar-refractivity contribution in [3.05, 3.63) is 52.6 Å². The Labute approximate surface area is 117 Å². The molecule has 0 radical (unpaired) electrons. The summed E-state index contributed by atoms with van der Waals surface area (Å²) in [4.78, 5) is 16.0. The van der Waals surface area contributed by atoms with E-state index in [9.17, 15) is 4.79 Å². The number of hydrogen-bond donors (Lipinski definition) is 0. The first-order chi connectivity index (χ1) is 9.20. The van der Waals surface area contributed by atoms with Crippen LogP contribution in [0.3, 0.4) is 0 Å². The van der Waals surface area contributed by atoms with Crippen LogP contribution in [0.15, 0.2) is 41.3 Å². The van der Waals surface area contributed by atoms with Gasteiger partial charge in [0.2, 0.25) is 0 Å². The van der Waals surface area contributed by atoms with Gasteiger partial charge in [-0.25, -0.2) is 4.79 Å². The Morgan fingerprint density at radius 2 is 2.11 bits per heavy atom. The second-order valence-corrected chi connectivity index (χ2v) is 4.93. The van der Waals surface area contributed by atoms with Crippen LogP contribution in [0.2, 0.25) is 0 Å². The van der Waals surface area contributed by atoms with Crippen LogP contribution in [0, 0.1) is 6.92 Å². The van der Waals surface area contributed by atoms with Crippen LogP contribution in [0.1, 0.15) is 18.4 Å². The Hall–Kier alpha value is -1.61. The number of alkyl halides is 1. The summed E-state index contributed by atoms with van der Waals surface area (Å²) >= 11 is 5.62. The van der Waals surface area contributed by atoms with Crippen molar-refractivity contribution < 1.29 is 0 Å². The van der Waals surface area contributed by atoms with Crippen LogP contribution in [0.25, 0.3) is 11.3 Å². The molecule has 0 N–H and O–H groups in total. The van der Waals surface area contributed by atoms with Gasteiger partial charge in [-0.3, -0.25) is 4.57 Å². The van der Waals surface area contributed by atoms with Crippen LogP contribution >= 0.6 is 11.6 Å². The number of benzene rings is 1. The van der Waals surface area contributed by atoms with Crippen molar-refractivity contribution in [3.8, 4) is 11.3 Å². The Bertz CT molecular complexity index is 607. The molecule has 0 amide bonds. The fourth-order valence-electron chi connectivity index (χ4n) is 1.94. The summed E-state index contributed by atoms with van der Waals surface area (Å²) in [6, 6.07) is 9.87. The Kier molecular flexibility index (Phi) is 4.74. The first kappa shape index (κ1) is 13.8. The predicted octanol–water partition coefficient (Wildman–Crippen LogP) is 3.24. The van der Waals surface area contributed by atoms with E-state index in [0.29, 0.717) is 12.4 Å². The summed E-state index contributed by atoms with van der Waals surface area (Å²) in [7, 11) is 0. The zero-order chi connectivity index (χ0) is 13.7. The number of hydrogen-bond acceptors (Lipinski definition) is 2. The van der Waals surface area contributed by atoms with Gasteiger partial charge < -0.3 is 0 Å². The van der Waals surface area contributed by atoms with E-state index in [1.807, 2.05) is 37.3 Å². The molecule has 0 aliphatic heterocycles. The van der Waals surface area contributed by atoms with E-state index in [4.69, 9.17) is 11.6 Å². The topological polar surface area (TPSA) is 34.9 Å². The monoisotopic (exact) mass is 276 g/mol. The van der Waals surface area contributed by atoms with Gasteiger partial charge in [-0.2, -0.15) is 4.98 Å². The van der Waals surface area contributed by atoms with Gasteiger partial charge in [0.15, 0.2) is 0 Å². The lowest BCUT2D eigenvalue weighted by Crippen LogP contribution is -2.22. The lowest BCUT2D eigenvalue weighted by molar-refractivity contribution is 0.601. The molecule has 0 aliphatic carbocycles. The first-order valence-electron chi connectivity index (χ1n) is 6.41. The molecule has 2 aromatic rings. The van der Waals surface area contributed by atoms with Gasteiger partial charge in [-0.05, 0) is 31.9 Å². The van der Waals surface area contributed by atoms with Crippen LogP contribution in [-0.4, -0.2) is 15.4 Å². The lowest BCUT2D eigenvalue weighted by Gasteiger charge is -2.06. The first-order valence-corrected chi connectivity index (χ1v) is 6.94. The molecule has 100 valence electrons. The zero-order valence-electron chi connectivity index (χ0n) is 11.0. The molecule has 0 spiro atoms. The van der Waals surface area contributed by atoms with Crippen LogP contribution in [0.4, 0.5) is 0 Å². The second-order valence-electron chi connectivity index (χ2n) is 4.55. The molecular formula is C15H17ClN2O. The molecule has 0 saturated heterocycles. The standard InChI is InChI=1S/C15H17ClN2O/c1-12-5-4-6-13(11-12)14-7-10-18(15(19)17-14)9-3-2-8-16/h4-7,10-11H,2-3,8-9H2,1H3. The Morgan fingerprint density at radius 1 is 1.26 bits per heavy atom. The number of aryl methyl sites for hydroxylation is 2. The predicted molar refractivity (Wildman–Crippen MR) is 78.6 cm³/mol. The smallest absolute Gasteiger partial charge is 0.299 e. The molecule has 0 saturated carbocycles. The molecular weight excluding hydrogens is 260 g/mol. The van der Waals surface area contributed by atoms with Crippen molar-refractivity contribution >= 4 is 11.6 Å². The van der Waals surface area contributed by atoms with Gasteiger partial charge in [0.25, 0.3) is 0 Å². The van der Waals surface area contributed by atoms with Crippen LogP contribution in [0.5, 0.6) is 0 Å². The highest BCUT2D eigenvalue weighted by molar-refractivity contribution is 6.17. The van der Waals surface area contributed by atoms with Gasteiger partial charge in [0.1, 0.15) is 0 Å². The third-order valence-corrected chi connectivity index (χ3v) is 3.24. The molecule has 4 heteroatoms. The maximum atomic E-state index is 11.9. The van der Waals surface area contributed by atoms with Crippen LogP contribution < -0.4 is 5.69 Å². The molecule has 1 aromatic heterocycles. The molecule has 0 unspecified atom stereocenters. The number of rotatable bonds is 5. The number of unbranched alkanes of at least 4 members (excludes halogenated alkanes) is 1. The molecule has 2 rings (SSSR count). The fraction of sp³-hybridized carbons (Fsp3) is 0.333. The van der Waals surface area contributed by atoms with Crippen molar-refractivity contribution in [1.29, 1.82) is 0 Å². The van der Waals surface area contributed by atoms with E-state index in [1.165, 1.54) is 0 Å². The number of halogens is 1. The second kappa shape index (κ2) is 6.53. The highest BCUT2D eigenvalue weighted by Gasteiger charge is 2.03. The Morgan fingerprint density at radius 3 is 2.79 bits per heavy atom. The Balaban J connectivity index is 2.21. The molecule has 19 heavy (non-hydrogen) atoms. The van der Waals surface area contributed by atoms with Crippen LogP contribution in [-0.2, 0) is 6.54 Å². The largest absolute Gasteiger partial charge is 0.348 e. The molecule has 0 atom stereocenters. The molecule has 3 nitrogen and oxygen atoms in total. The minimum Gasteiger partial charge on any atom is -0.299 e. The summed E-state index contributed by atoms with van der Waals surface area (Å²) in [5, 5.41) is 0. The van der Waals surface area contributed by atoms with Crippen molar-refractivity contribution in [2.75, 3.05) is 5.88 Å². The molecule has 0 aliphatic rings. The minimum absolute atomic E-state index is 0.200. The fourth-order valence-corrected chi connectivity index (χ4v) is 2.13. The minimum atomic E-state index is -0.200. The summed E-state index contributed by atoms with van der Waals surface area (Å²) in [6.45, 7) is 2.70. The van der Waals surface area contributed by atoms with E-state index in [2.05, 4.69) is 4.98 Å². The van der Waals surface area contributed by atoms with E-state index in [0.717, 1.165) is 29.7 Å². The molecule has 0 bridgehead atoms. The summed E-state index contributed by atoms with van der Waals surface area (Å²) < 4.78 is 1.63. The molecule has 1 aromatic carbocycles. The average Bonchev–Trinajstić information content (AvgIpc) is 2.41. The van der Waals surface area contributed by atoms with Crippen molar-refractivity contribution in [2.45, 2.75) is 26.3 Å². The molecule has 1 heterocycles. The maximum absolute atomic E-state index is 11.9. The number of nitrogens with zero attached hydrogens (tertiary/aromatic N) is 2. The summed E-state index contributed by atoms with van der Waals surface area (Å²) in [5.74, 6) is 0.629. The van der Waals surface area contributed by atoms with Gasteiger partial charge in [-0.15, -0.1) is 11.6 Å². The van der Waals surface area contributed by atoms with Crippen molar-refractivity contribution in [3.63, 3.8) is 0 Å². The SMILES string of the molecule is Cc1cccc(-c2ccn(CCCCCl)c(=O)n2)c1. The van der Waals surface area contributed by atoms with E-state index >= 15 is 0 Å². The van der Waals surface area contributed by atoms with Gasteiger partial charge >= 0.3 is 5.69 Å². The maximum Gasteiger partial charge on any atom is 0.348 e. The average molecular weight is 277 g/mol.